The van der Waals surface area contributed by atoms with Gasteiger partial charge in [0, 0.05) is 23.4 Å². The molecule has 3 nitrogen and oxygen atoms in total. The minimum Gasteiger partial charge on any atom is -0.464 e. The molecule has 1 aromatic carbocycles. The molecular formula is C15H14N2OS. The molecule has 2 aromatic heterocycles. The van der Waals surface area contributed by atoms with Crippen LogP contribution in [0.3, 0.4) is 0 Å². The van der Waals surface area contributed by atoms with E-state index < -0.39 is 0 Å². The molecule has 0 saturated heterocycles. The van der Waals surface area contributed by atoms with Gasteiger partial charge < -0.3 is 9.73 Å². The van der Waals surface area contributed by atoms with Crippen molar-refractivity contribution in [3.8, 4) is 10.6 Å². The number of rotatable bonds is 4. The van der Waals surface area contributed by atoms with Gasteiger partial charge in [0.05, 0.1) is 11.3 Å². The number of fused-ring (bicyclic) bond motifs is 1. The molecule has 0 atom stereocenters. The van der Waals surface area contributed by atoms with Gasteiger partial charge in [-0.2, -0.15) is 0 Å². The van der Waals surface area contributed by atoms with Crippen molar-refractivity contribution in [2.45, 2.75) is 25.4 Å². The number of para-hydroxylation sites is 1. The van der Waals surface area contributed by atoms with Crippen molar-refractivity contribution in [1.29, 1.82) is 0 Å². The minimum absolute atomic E-state index is 0.722. The van der Waals surface area contributed by atoms with Crippen LogP contribution >= 0.6 is 11.3 Å². The highest BCUT2D eigenvalue weighted by molar-refractivity contribution is 7.13. The Balaban J connectivity index is 1.64. The summed E-state index contributed by atoms with van der Waals surface area (Å²) >= 11 is 1.68. The molecule has 1 saturated carbocycles. The monoisotopic (exact) mass is 270 g/mol. The van der Waals surface area contributed by atoms with E-state index in [0.717, 1.165) is 39.8 Å². The molecule has 1 aliphatic rings. The first-order valence-corrected chi connectivity index (χ1v) is 7.42. The van der Waals surface area contributed by atoms with Crippen LogP contribution in [0.1, 0.15) is 18.5 Å². The molecule has 96 valence electrons. The van der Waals surface area contributed by atoms with E-state index in [4.69, 9.17) is 9.40 Å². The lowest BCUT2D eigenvalue weighted by atomic mass is 10.2. The van der Waals surface area contributed by atoms with Gasteiger partial charge in [-0.25, -0.2) is 4.98 Å². The highest BCUT2D eigenvalue weighted by atomic mass is 32.1. The summed E-state index contributed by atoms with van der Waals surface area (Å²) < 4.78 is 5.57. The Kier molecular flexibility index (Phi) is 2.64. The van der Waals surface area contributed by atoms with Gasteiger partial charge in [-0.1, -0.05) is 18.2 Å². The van der Waals surface area contributed by atoms with Gasteiger partial charge in [0.15, 0.2) is 0 Å². The molecule has 0 radical (unpaired) electrons. The van der Waals surface area contributed by atoms with Crippen LogP contribution in [0.15, 0.2) is 40.3 Å². The smallest absolute Gasteiger partial charge is 0.134 e. The van der Waals surface area contributed by atoms with E-state index in [0.29, 0.717) is 0 Å². The standard InChI is InChI=1S/C15H14N2OS/c1-2-4-14-12(3-1)13(8-18-14)15-17-11(9-19-15)7-16-10-5-6-10/h1-4,8-10,16H,5-7H2. The number of benzene rings is 1. The van der Waals surface area contributed by atoms with E-state index >= 15 is 0 Å². The molecule has 0 amide bonds. The van der Waals surface area contributed by atoms with E-state index in [-0.39, 0.29) is 0 Å². The quantitative estimate of drug-likeness (QED) is 0.783. The number of furan rings is 1. The Morgan fingerprint density at radius 1 is 1.32 bits per heavy atom. The van der Waals surface area contributed by atoms with E-state index in [1.807, 2.05) is 24.5 Å². The van der Waals surface area contributed by atoms with Gasteiger partial charge >= 0.3 is 0 Å². The average molecular weight is 270 g/mol. The number of nitrogens with one attached hydrogen (secondary N) is 1. The van der Waals surface area contributed by atoms with E-state index in [1.165, 1.54) is 12.8 Å². The van der Waals surface area contributed by atoms with Crippen LogP contribution in [-0.4, -0.2) is 11.0 Å². The molecular weight excluding hydrogens is 256 g/mol. The summed E-state index contributed by atoms with van der Waals surface area (Å²) in [6.07, 6.45) is 4.42. The molecule has 4 heteroatoms. The van der Waals surface area contributed by atoms with Crippen LogP contribution in [0, 0.1) is 0 Å². The van der Waals surface area contributed by atoms with Gasteiger partial charge in [0.2, 0.25) is 0 Å². The summed E-state index contributed by atoms with van der Waals surface area (Å²) in [6.45, 7) is 0.872. The van der Waals surface area contributed by atoms with Crippen LogP contribution in [-0.2, 0) is 6.54 Å². The third kappa shape index (κ3) is 2.17. The zero-order chi connectivity index (χ0) is 12.7. The summed E-state index contributed by atoms with van der Waals surface area (Å²) in [7, 11) is 0. The van der Waals surface area contributed by atoms with Crippen molar-refractivity contribution in [2.24, 2.45) is 0 Å². The second-order valence-electron chi connectivity index (χ2n) is 4.94. The highest BCUT2D eigenvalue weighted by Gasteiger charge is 2.20. The Morgan fingerprint density at radius 2 is 2.21 bits per heavy atom. The molecule has 0 aliphatic heterocycles. The molecule has 0 bridgehead atoms. The second kappa shape index (κ2) is 4.47. The summed E-state index contributed by atoms with van der Waals surface area (Å²) in [5, 5.41) is 7.80. The van der Waals surface area contributed by atoms with Gasteiger partial charge in [0.1, 0.15) is 16.9 Å². The lowest BCUT2D eigenvalue weighted by molar-refractivity contribution is 0.617. The minimum atomic E-state index is 0.722. The molecule has 2 heterocycles. The van der Waals surface area contributed by atoms with E-state index in [9.17, 15) is 0 Å². The summed E-state index contributed by atoms with van der Waals surface area (Å²) in [5.41, 5.74) is 3.14. The summed E-state index contributed by atoms with van der Waals surface area (Å²) in [5.74, 6) is 0. The van der Waals surface area contributed by atoms with E-state index in [1.54, 1.807) is 11.3 Å². The fraction of sp³-hybridized carbons (Fsp3) is 0.267. The second-order valence-corrected chi connectivity index (χ2v) is 5.80. The zero-order valence-corrected chi connectivity index (χ0v) is 11.2. The average Bonchev–Trinajstić information content (AvgIpc) is 3.00. The van der Waals surface area contributed by atoms with Crippen molar-refractivity contribution in [3.05, 3.63) is 41.6 Å². The maximum Gasteiger partial charge on any atom is 0.134 e. The Hall–Kier alpha value is -1.65. The van der Waals surface area contributed by atoms with Crippen molar-refractivity contribution < 1.29 is 4.42 Å². The molecule has 1 fully saturated rings. The normalized spacial score (nSPS) is 15.2. The lowest BCUT2D eigenvalue weighted by Gasteiger charge is -1.97. The first-order valence-electron chi connectivity index (χ1n) is 6.54. The zero-order valence-electron chi connectivity index (χ0n) is 10.4. The fourth-order valence-corrected chi connectivity index (χ4v) is 3.03. The van der Waals surface area contributed by atoms with Crippen molar-refractivity contribution in [1.82, 2.24) is 10.3 Å². The van der Waals surface area contributed by atoms with Crippen LogP contribution < -0.4 is 5.32 Å². The summed E-state index contributed by atoms with van der Waals surface area (Å²) in [6, 6.07) is 8.81. The van der Waals surface area contributed by atoms with Crippen molar-refractivity contribution in [3.63, 3.8) is 0 Å². The van der Waals surface area contributed by atoms with Gasteiger partial charge in [-0.05, 0) is 18.9 Å². The number of hydrogen-bond donors (Lipinski definition) is 1. The molecule has 4 rings (SSSR count). The predicted octanol–water partition coefficient (Wildman–Crippen LogP) is 3.81. The molecule has 0 spiro atoms. The van der Waals surface area contributed by atoms with Crippen LogP contribution in [0.25, 0.3) is 21.5 Å². The Labute approximate surface area is 115 Å². The van der Waals surface area contributed by atoms with Crippen molar-refractivity contribution in [2.75, 3.05) is 0 Å². The first kappa shape index (κ1) is 11.2. The predicted molar refractivity (Wildman–Crippen MR) is 77.2 cm³/mol. The maximum atomic E-state index is 5.57. The van der Waals surface area contributed by atoms with Crippen molar-refractivity contribution >= 4 is 22.3 Å². The SMILES string of the molecule is c1ccc2c(-c3nc(CNC4CC4)cs3)coc2c1. The van der Waals surface area contributed by atoms with Crippen LogP contribution in [0.5, 0.6) is 0 Å². The van der Waals surface area contributed by atoms with Gasteiger partial charge in [-0.3, -0.25) is 0 Å². The Bertz CT molecular complexity index is 712. The van der Waals surface area contributed by atoms with Gasteiger partial charge in [-0.15, -0.1) is 11.3 Å². The largest absolute Gasteiger partial charge is 0.464 e. The highest BCUT2D eigenvalue weighted by Crippen LogP contribution is 2.32. The number of nitrogens with zero attached hydrogens (tertiary/aromatic N) is 1. The lowest BCUT2D eigenvalue weighted by Crippen LogP contribution is -2.15. The van der Waals surface area contributed by atoms with Gasteiger partial charge in [0.25, 0.3) is 0 Å². The fourth-order valence-electron chi connectivity index (χ4n) is 2.19. The third-order valence-corrected chi connectivity index (χ3v) is 4.34. The maximum absolute atomic E-state index is 5.57. The number of thiazole rings is 1. The van der Waals surface area contributed by atoms with Crippen LogP contribution in [0.4, 0.5) is 0 Å². The Morgan fingerprint density at radius 3 is 3.11 bits per heavy atom. The van der Waals surface area contributed by atoms with Crippen LogP contribution in [0.2, 0.25) is 0 Å². The molecule has 1 N–H and O–H groups in total. The number of hydrogen-bond acceptors (Lipinski definition) is 4. The summed E-state index contributed by atoms with van der Waals surface area (Å²) in [4.78, 5) is 4.70. The van der Waals surface area contributed by atoms with E-state index in [2.05, 4.69) is 16.8 Å². The number of aromatic nitrogens is 1. The molecule has 0 unspecified atom stereocenters. The topological polar surface area (TPSA) is 38.1 Å². The molecule has 19 heavy (non-hydrogen) atoms. The molecule has 3 aromatic rings. The molecule has 1 aliphatic carbocycles. The first-order chi connectivity index (χ1) is 9.40. The third-order valence-electron chi connectivity index (χ3n) is 3.41.